The molecule has 0 spiro atoms. The summed E-state index contributed by atoms with van der Waals surface area (Å²) in [7, 11) is 1.45. The first-order valence-corrected chi connectivity index (χ1v) is 7.42. The van der Waals surface area contributed by atoms with Crippen LogP contribution in [0.1, 0.15) is 27.2 Å². The predicted octanol–water partition coefficient (Wildman–Crippen LogP) is 0.284. The molecule has 0 aromatic rings. The maximum atomic E-state index is 12.5. The highest BCUT2D eigenvalue weighted by Crippen LogP contribution is 2.32. The van der Waals surface area contributed by atoms with Crippen LogP contribution in [0.5, 0.6) is 0 Å². The van der Waals surface area contributed by atoms with Gasteiger partial charge in [0.1, 0.15) is 5.76 Å². The third kappa shape index (κ3) is 2.73. The highest BCUT2D eigenvalue weighted by Gasteiger charge is 2.49. The Labute approximate surface area is 125 Å². The Hall–Kier alpha value is -0.950. The molecule has 2 aliphatic heterocycles. The Bertz CT molecular complexity index is 436. The number of aliphatic hydroxyl groups is 2. The van der Waals surface area contributed by atoms with E-state index in [0.717, 1.165) is 6.54 Å². The van der Waals surface area contributed by atoms with Gasteiger partial charge in [0.05, 0.1) is 18.2 Å². The Balaban J connectivity index is 2.13. The molecular weight excluding hydrogens is 274 g/mol. The minimum Gasteiger partial charge on any atom is -0.427 e. The second-order valence-electron chi connectivity index (χ2n) is 6.15. The Morgan fingerprint density at radius 3 is 2.71 bits per heavy atom. The molecule has 2 heterocycles. The molecule has 0 aliphatic carbocycles. The van der Waals surface area contributed by atoms with Crippen LogP contribution in [-0.4, -0.2) is 65.1 Å². The van der Waals surface area contributed by atoms with E-state index < -0.39 is 23.8 Å². The van der Waals surface area contributed by atoms with Crippen molar-refractivity contribution < 1.29 is 24.5 Å². The van der Waals surface area contributed by atoms with Crippen molar-refractivity contribution in [1.29, 1.82) is 0 Å². The SMILES string of the molecule is CO[C@@H](C)[C@](O)(C(=O)OC1=CCN2CC[C@H](O)[C@H]12)C(C)C. The fourth-order valence-electron chi connectivity index (χ4n) is 3.08. The van der Waals surface area contributed by atoms with Gasteiger partial charge in [-0.1, -0.05) is 13.8 Å². The van der Waals surface area contributed by atoms with Crippen molar-refractivity contribution >= 4 is 5.97 Å². The van der Waals surface area contributed by atoms with Crippen LogP contribution < -0.4 is 0 Å². The van der Waals surface area contributed by atoms with E-state index in [-0.39, 0.29) is 12.0 Å². The first-order chi connectivity index (χ1) is 9.82. The smallest absolute Gasteiger partial charge is 0.346 e. The maximum absolute atomic E-state index is 12.5. The van der Waals surface area contributed by atoms with E-state index >= 15 is 0 Å². The van der Waals surface area contributed by atoms with E-state index in [9.17, 15) is 15.0 Å². The van der Waals surface area contributed by atoms with Gasteiger partial charge in [-0.25, -0.2) is 4.79 Å². The molecule has 2 rings (SSSR count). The fraction of sp³-hybridized carbons (Fsp3) is 0.800. The third-order valence-electron chi connectivity index (χ3n) is 4.68. The molecule has 6 heteroatoms. The molecule has 0 amide bonds. The maximum Gasteiger partial charge on any atom is 0.346 e. The third-order valence-corrected chi connectivity index (χ3v) is 4.68. The molecular formula is C15H25NO5. The number of esters is 1. The van der Waals surface area contributed by atoms with E-state index in [1.165, 1.54) is 7.11 Å². The van der Waals surface area contributed by atoms with Crippen molar-refractivity contribution in [3.63, 3.8) is 0 Å². The number of fused-ring (bicyclic) bond motifs is 1. The van der Waals surface area contributed by atoms with E-state index in [1.807, 2.05) is 0 Å². The number of hydrogen-bond donors (Lipinski definition) is 2. The van der Waals surface area contributed by atoms with E-state index in [0.29, 0.717) is 18.7 Å². The van der Waals surface area contributed by atoms with E-state index in [1.54, 1.807) is 26.8 Å². The molecule has 0 saturated carbocycles. The Kier molecular flexibility index (Phi) is 4.72. The quantitative estimate of drug-likeness (QED) is 0.710. The second-order valence-corrected chi connectivity index (χ2v) is 6.15. The summed E-state index contributed by atoms with van der Waals surface area (Å²) in [5, 5.41) is 20.7. The predicted molar refractivity (Wildman–Crippen MR) is 76.4 cm³/mol. The van der Waals surface area contributed by atoms with Crippen molar-refractivity contribution in [3.8, 4) is 0 Å². The van der Waals surface area contributed by atoms with Crippen LogP contribution in [0.2, 0.25) is 0 Å². The molecule has 120 valence electrons. The van der Waals surface area contributed by atoms with Gasteiger partial charge in [-0.05, 0) is 25.3 Å². The zero-order valence-corrected chi connectivity index (χ0v) is 13.1. The summed E-state index contributed by atoms with van der Waals surface area (Å²) < 4.78 is 10.6. The van der Waals surface area contributed by atoms with Crippen LogP contribution in [-0.2, 0) is 14.3 Å². The van der Waals surface area contributed by atoms with Gasteiger partial charge in [0.2, 0.25) is 0 Å². The van der Waals surface area contributed by atoms with Crippen molar-refractivity contribution in [1.82, 2.24) is 4.90 Å². The zero-order valence-electron chi connectivity index (χ0n) is 13.1. The second kappa shape index (κ2) is 6.04. The summed E-state index contributed by atoms with van der Waals surface area (Å²) >= 11 is 0. The molecule has 4 atom stereocenters. The topological polar surface area (TPSA) is 79.2 Å². The van der Waals surface area contributed by atoms with Crippen LogP contribution in [0.4, 0.5) is 0 Å². The number of nitrogens with zero attached hydrogens (tertiary/aromatic N) is 1. The van der Waals surface area contributed by atoms with Crippen LogP contribution in [0.25, 0.3) is 0 Å². The molecule has 2 aliphatic rings. The summed E-state index contributed by atoms with van der Waals surface area (Å²) in [6, 6.07) is -0.275. The summed E-state index contributed by atoms with van der Waals surface area (Å²) in [4.78, 5) is 14.5. The van der Waals surface area contributed by atoms with Crippen molar-refractivity contribution in [2.75, 3.05) is 20.2 Å². The molecule has 6 nitrogen and oxygen atoms in total. The van der Waals surface area contributed by atoms with Crippen LogP contribution in [0, 0.1) is 5.92 Å². The molecule has 0 unspecified atom stereocenters. The van der Waals surface area contributed by atoms with Crippen molar-refractivity contribution in [3.05, 3.63) is 11.8 Å². The lowest BCUT2D eigenvalue weighted by Gasteiger charge is -2.34. The summed E-state index contributed by atoms with van der Waals surface area (Å²) in [5.41, 5.74) is -1.72. The lowest BCUT2D eigenvalue weighted by molar-refractivity contribution is -0.184. The van der Waals surface area contributed by atoms with Gasteiger partial charge in [0.25, 0.3) is 0 Å². The normalized spacial score (nSPS) is 30.0. The van der Waals surface area contributed by atoms with Gasteiger partial charge in [0, 0.05) is 20.2 Å². The number of methoxy groups -OCH3 is 1. The number of rotatable bonds is 5. The lowest BCUT2D eigenvalue weighted by Crippen LogP contribution is -2.54. The van der Waals surface area contributed by atoms with Crippen LogP contribution >= 0.6 is 0 Å². The fourth-order valence-corrected chi connectivity index (χ4v) is 3.08. The summed E-state index contributed by atoms with van der Waals surface area (Å²) in [5.74, 6) is -0.641. The van der Waals surface area contributed by atoms with Gasteiger partial charge < -0.3 is 19.7 Å². The number of ether oxygens (including phenoxy) is 2. The standard InChI is InChI=1S/C15H25NO5/c1-9(2)15(19,10(3)20-4)14(18)21-12-6-8-16-7-5-11(17)13(12)16/h6,9-11,13,17,19H,5,7-8H2,1-4H3/t10-,11-,13+,15-/m0/s1. The van der Waals surface area contributed by atoms with Crippen molar-refractivity contribution in [2.24, 2.45) is 5.92 Å². The zero-order chi connectivity index (χ0) is 15.8. The molecule has 21 heavy (non-hydrogen) atoms. The van der Waals surface area contributed by atoms with E-state index in [4.69, 9.17) is 9.47 Å². The highest BCUT2D eigenvalue weighted by atomic mass is 16.6. The van der Waals surface area contributed by atoms with Gasteiger partial charge in [0.15, 0.2) is 5.60 Å². The molecule has 0 bridgehead atoms. The molecule has 0 aromatic heterocycles. The molecule has 1 saturated heterocycles. The summed E-state index contributed by atoms with van der Waals surface area (Å²) in [6.45, 7) is 6.57. The van der Waals surface area contributed by atoms with Gasteiger partial charge in [-0.15, -0.1) is 0 Å². The lowest BCUT2D eigenvalue weighted by atomic mass is 9.85. The minimum atomic E-state index is -1.72. The first-order valence-electron chi connectivity index (χ1n) is 7.42. The number of carbonyl (C=O) groups is 1. The number of aliphatic hydroxyl groups excluding tert-OH is 1. The molecule has 0 aromatic carbocycles. The highest BCUT2D eigenvalue weighted by molar-refractivity contribution is 5.81. The van der Waals surface area contributed by atoms with E-state index in [2.05, 4.69) is 4.90 Å². The largest absolute Gasteiger partial charge is 0.427 e. The van der Waals surface area contributed by atoms with Crippen LogP contribution in [0.15, 0.2) is 11.8 Å². The Morgan fingerprint density at radius 2 is 2.14 bits per heavy atom. The number of carbonyl (C=O) groups excluding carboxylic acids is 1. The van der Waals surface area contributed by atoms with Gasteiger partial charge in [-0.3, -0.25) is 4.90 Å². The van der Waals surface area contributed by atoms with Crippen LogP contribution in [0.3, 0.4) is 0 Å². The van der Waals surface area contributed by atoms with Crippen molar-refractivity contribution in [2.45, 2.75) is 51.0 Å². The Morgan fingerprint density at radius 1 is 1.48 bits per heavy atom. The number of hydrogen-bond acceptors (Lipinski definition) is 6. The van der Waals surface area contributed by atoms with Gasteiger partial charge >= 0.3 is 5.97 Å². The molecule has 0 radical (unpaired) electrons. The van der Waals surface area contributed by atoms with Gasteiger partial charge in [-0.2, -0.15) is 0 Å². The average molecular weight is 299 g/mol. The first kappa shape index (κ1) is 16.4. The monoisotopic (exact) mass is 299 g/mol. The average Bonchev–Trinajstić information content (AvgIpc) is 3.01. The minimum absolute atomic E-state index is 0.275. The molecule has 1 fully saturated rings. The molecule has 2 N–H and O–H groups in total. The summed E-state index contributed by atoms with van der Waals surface area (Å²) in [6.07, 6.45) is 1.25.